The standard InChI is InChI=1S/C16H26N4O3.ClH/c1-16(12-3-4-12)14(22)20(15(23)18-16)10-13(21)19-7-5-11(6-8-19)9-17-2;/h11-12,17H,3-10H2,1-2H3,(H,18,23);1H. The number of carbonyl (C=O) groups is 3. The molecule has 0 aromatic rings. The van der Waals surface area contributed by atoms with Crippen molar-refractivity contribution in [3.05, 3.63) is 0 Å². The van der Waals surface area contributed by atoms with E-state index in [-0.39, 0.29) is 36.7 Å². The fourth-order valence-corrected chi connectivity index (χ4v) is 3.71. The van der Waals surface area contributed by atoms with E-state index in [4.69, 9.17) is 0 Å². The van der Waals surface area contributed by atoms with Gasteiger partial charge in [0.25, 0.3) is 5.91 Å². The predicted molar refractivity (Wildman–Crippen MR) is 91.9 cm³/mol. The van der Waals surface area contributed by atoms with Crippen molar-refractivity contribution in [1.29, 1.82) is 0 Å². The van der Waals surface area contributed by atoms with Crippen LogP contribution >= 0.6 is 12.4 Å². The molecule has 136 valence electrons. The third-order valence-electron chi connectivity index (χ3n) is 5.45. The van der Waals surface area contributed by atoms with E-state index in [1.807, 2.05) is 7.05 Å². The van der Waals surface area contributed by atoms with Gasteiger partial charge in [-0.15, -0.1) is 12.4 Å². The first-order valence-electron chi connectivity index (χ1n) is 8.52. The van der Waals surface area contributed by atoms with Gasteiger partial charge >= 0.3 is 6.03 Å². The van der Waals surface area contributed by atoms with E-state index >= 15 is 0 Å². The summed E-state index contributed by atoms with van der Waals surface area (Å²) in [6.45, 7) is 4.01. The van der Waals surface area contributed by atoms with Crippen molar-refractivity contribution in [3.63, 3.8) is 0 Å². The summed E-state index contributed by atoms with van der Waals surface area (Å²) in [4.78, 5) is 40.0. The molecular weight excluding hydrogens is 332 g/mol. The SMILES string of the molecule is CNCC1CCN(C(=O)CN2C(=O)NC(C)(C3CC3)C2=O)CC1.Cl. The number of hydrogen-bond acceptors (Lipinski definition) is 4. The second-order valence-electron chi connectivity index (χ2n) is 7.18. The largest absolute Gasteiger partial charge is 0.341 e. The van der Waals surface area contributed by atoms with Crippen LogP contribution < -0.4 is 10.6 Å². The van der Waals surface area contributed by atoms with Crippen LogP contribution in [-0.4, -0.2) is 66.4 Å². The zero-order valence-corrected chi connectivity index (χ0v) is 15.2. The van der Waals surface area contributed by atoms with Crippen molar-refractivity contribution in [2.24, 2.45) is 11.8 Å². The lowest BCUT2D eigenvalue weighted by atomic mass is 9.96. The van der Waals surface area contributed by atoms with Crippen LogP contribution in [0.15, 0.2) is 0 Å². The summed E-state index contributed by atoms with van der Waals surface area (Å²) in [7, 11) is 1.94. The number of nitrogens with one attached hydrogen (secondary N) is 2. The van der Waals surface area contributed by atoms with Gasteiger partial charge in [-0.2, -0.15) is 0 Å². The highest BCUT2D eigenvalue weighted by Crippen LogP contribution is 2.42. The molecule has 4 amide bonds. The molecule has 3 fully saturated rings. The molecule has 1 unspecified atom stereocenters. The molecule has 0 radical (unpaired) electrons. The average molecular weight is 359 g/mol. The Morgan fingerprint density at radius 1 is 1.25 bits per heavy atom. The van der Waals surface area contributed by atoms with Crippen LogP contribution in [0.1, 0.15) is 32.6 Å². The Morgan fingerprint density at radius 3 is 2.42 bits per heavy atom. The summed E-state index contributed by atoms with van der Waals surface area (Å²) in [5.74, 6) is 0.440. The molecule has 3 aliphatic rings. The minimum absolute atomic E-state index is 0. The maximum absolute atomic E-state index is 12.5. The summed E-state index contributed by atoms with van der Waals surface area (Å²) in [6.07, 6.45) is 3.85. The van der Waals surface area contributed by atoms with Crippen molar-refractivity contribution in [2.75, 3.05) is 33.2 Å². The molecule has 2 saturated heterocycles. The first-order chi connectivity index (χ1) is 11.0. The molecule has 2 N–H and O–H groups in total. The number of carbonyl (C=O) groups excluding carboxylic acids is 3. The smallest absolute Gasteiger partial charge is 0.325 e. The lowest BCUT2D eigenvalue weighted by molar-refractivity contribution is -0.139. The average Bonchev–Trinajstić information content (AvgIpc) is 3.34. The van der Waals surface area contributed by atoms with Gasteiger partial charge in [0, 0.05) is 13.1 Å². The zero-order valence-electron chi connectivity index (χ0n) is 14.3. The molecule has 0 aromatic carbocycles. The third-order valence-corrected chi connectivity index (χ3v) is 5.45. The van der Waals surface area contributed by atoms with Crippen LogP contribution in [0.5, 0.6) is 0 Å². The van der Waals surface area contributed by atoms with Crippen LogP contribution in [0.25, 0.3) is 0 Å². The van der Waals surface area contributed by atoms with Gasteiger partial charge in [-0.05, 0) is 58.0 Å². The molecule has 24 heavy (non-hydrogen) atoms. The quantitative estimate of drug-likeness (QED) is 0.705. The van der Waals surface area contributed by atoms with Gasteiger partial charge in [0.05, 0.1) is 0 Å². The van der Waals surface area contributed by atoms with Crippen molar-refractivity contribution in [1.82, 2.24) is 20.4 Å². The maximum atomic E-state index is 12.5. The van der Waals surface area contributed by atoms with Gasteiger partial charge in [-0.1, -0.05) is 0 Å². The third kappa shape index (κ3) is 3.52. The van der Waals surface area contributed by atoms with Crippen LogP contribution in [0.4, 0.5) is 4.79 Å². The van der Waals surface area contributed by atoms with E-state index in [1.54, 1.807) is 11.8 Å². The Kier molecular flexibility index (Phi) is 5.75. The van der Waals surface area contributed by atoms with E-state index in [9.17, 15) is 14.4 Å². The molecule has 3 rings (SSSR count). The van der Waals surface area contributed by atoms with Gasteiger partial charge < -0.3 is 15.5 Å². The Balaban J connectivity index is 0.00000208. The Labute approximate surface area is 148 Å². The Morgan fingerprint density at radius 2 is 1.88 bits per heavy atom. The number of piperidine rings is 1. The molecule has 2 heterocycles. The van der Waals surface area contributed by atoms with Gasteiger partial charge in [-0.3, -0.25) is 14.5 Å². The number of likely N-dealkylation sites (tertiary alicyclic amines) is 1. The zero-order chi connectivity index (χ0) is 16.6. The maximum Gasteiger partial charge on any atom is 0.325 e. The molecule has 7 nitrogen and oxygen atoms in total. The Hall–Kier alpha value is -1.34. The summed E-state index contributed by atoms with van der Waals surface area (Å²) in [5, 5.41) is 5.95. The molecule has 2 aliphatic heterocycles. The second kappa shape index (κ2) is 7.27. The van der Waals surface area contributed by atoms with Crippen LogP contribution in [-0.2, 0) is 9.59 Å². The minimum Gasteiger partial charge on any atom is -0.341 e. The summed E-state index contributed by atoms with van der Waals surface area (Å²) < 4.78 is 0. The topological polar surface area (TPSA) is 81.8 Å². The van der Waals surface area contributed by atoms with E-state index in [1.165, 1.54) is 0 Å². The van der Waals surface area contributed by atoms with Crippen LogP contribution in [0.3, 0.4) is 0 Å². The summed E-state index contributed by atoms with van der Waals surface area (Å²) in [6, 6.07) is -0.428. The summed E-state index contributed by atoms with van der Waals surface area (Å²) in [5.41, 5.74) is -0.808. The number of halogens is 1. The van der Waals surface area contributed by atoms with Crippen LogP contribution in [0.2, 0.25) is 0 Å². The molecule has 1 aliphatic carbocycles. The van der Waals surface area contributed by atoms with E-state index in [0.717, 1.165) is 37.1 Å². The lowest BCUT2D eigenvalue weighted by Gasteiger charge is -2.32. The predicted octanol–water partition coefficient (Wildman–Crippen LogP) is 0.587. The molecule has 1 atom stereocenters. The number of rotatable bonds is 5. The highest BCUT2D eigenvalue weighted by molar-refractivity contribution is 6.09. The molecule has 0 bridgehead atoms. The number of amides is 4. The molecule has 8 heteroatoms. The number of imide groups is 1. The number of nitrogens with zero attached hydrogens (tertiary/aromatic N) is 2. The lowest BCUT2D eigenvalue weighted by Crippen LogP contribution is -2.48. The van der Waals surface area contributed by atoms with Crippen molar-refractivity contribution in [3.8, 4) is 0 Å². The van der Waals surface area contributed by atoms with Crippen molar-refractivity contribution in [2.45, 2.75) is 38.1 Å². The van der Waals surface area contributed by atoms with Gasteiger partial charge in [0.2, 0.25) is 5.91 Å². The molecule has 0 spiro atoms. The van der Waals surface area contributed by atoms with Crippen LogP contribution in [0, 0.1) is 11.8 Å². The monoisotopic (exact) mass is 358 g/mol. The Bertz CT molecular complexity index is 517. The van der Waals surface area contributed by atoms with Gasteiger partial charge in [-0.25, -0.2) is 4.79 Å². The highest BCUT2D eigenvalue weighted by atomic mass is 35.5. The second-order valence-corrected chi connectivity index (χ2v) is 7.18. The fraction of sp³-hybridized carbons (Fsp3) is 0.812. The highest BCUT2D eigenvalue weighted by Gasteiger charge is 2.56. The number of hydrogen-bond donors (Lipinski definition) is 2. The van der Waals surface area contributed by atoms with Gasteiger partial charge in [0.1, 0.15) is 12.1 Å². The first kappa shape index (κ1) is 19.0. The molecule has 1 saturated carbocycles. The number of urea groups is 1. The van der Waals surface area contributed by atoms with Gasteiger partial charge in [0.15, 0.2) is 0 Å². The van der Waals surface area contributed by atoms with Crippen molar-refractivity contribution < 1.29 is 14.4 Å². The molecular formula is C16H27ClN4O3. The first-order valence-corrected chi connectivity index (χ1v) is 8.52. The van der Waals surface area contributed by atoms with E-state index in [2.05, 4.69) is 10.6 Å². The molecule has 0 aromatic heterocycles. The fourth-order valence-electron chi connectivity index (χ4n) is 3.71. The normalized spacial score (nSPS) is 27.9. The van der Waals surface area contributed by atoms with E-state index in [0.29, 0.717) is 19.0 Å². The minimum atomic E-state index is -0.808. The summed E-state index contributed by atoms with van der Waals surface area (Å²) >= 11 is 0. The van der Waals surface area contributed by atoms with E-state index < -0.39 is 11.6 Å². The van der Waals surface area contributed by atoms with Crippen molar-refractivity contribution >= 4 is 30.3 Å².